The quantitative estimate of drug-likeness (QED) is 0.337. The van der Waals surface area contributed by atoms with Crippen LogP contribution in [0.5, 0.6) is 5.75 Å². The van der Waals surface area contributed by atoms with Gasteiger partial charge >= 0.3 is 5.97 Å². The van der Waals surface area contributed by atoms with Crippen LogP contribution in [0.25, 0.3) is 6.08 Å². The largest absolute Gasteiger partial charge is 0.493 e. The smallest absolute Gasteiger partial charge is 0.330 e. The highest BCUT2D eigenvalue weighted by Crippen LogP contribution is 2.39. The van der Waals surface area contributed by atoms with Crippen LogP contribution in [0.4, 0.5) is 0 Å². The lowest BCUT2D eigenvalue weighted by Crippen LogP contribution is -2.39. The molecule has 23 heavy (non-hydrogen) atoms. The molecule has 0 spiro atoms. The van der Waals surface area contributed by atoms with Crippen molar-refractivity contribution in [2.45, 2.75) is 44.8 Å². The molecule has 0 fully saturated rings. The number of methoxy groups -OCH3 is 1. The lowest BCUT2D eigenvalue weighted by molar-refractivity contribution is -0.134. The maximum Gasteiger partial charge on any atom is 0.330 e. The first-order valence-corrected chi connectivity index (χ1v) is 10.8. The number of carbonyl (C=O) groups is 1. The Morgan fingerprint density at radius 3 is 2.57 bits per heavy atom. The molecule has 1 rings (SSSR count). The molecule has 0 atom stereocenters. The van der Waals surface area contributed by atoms with E-state index in [0.717, 1.165) is 24.2 Å². The van der Waals surface area contributed by atoms with Crippen LogP contribution in [0.2, 0.25) is 18.1 Å². The summed E-state index contributed by atoms with van der Waals surface area (Å²) in [5.74, 6) is 0.350. The van der Waals surface area contributed by atoms with Crippen molar-refractivity contribution >= 4 is 20.4 Å². The van der Waals surface area contributed by atoms with E-state index in [9.17, 15) is 9.59 Å². The van der Waals surface area contributed by atoms with Crippen LogP contribution in [0.3, 0.4) is 0 Å². The Morgan fingerprint density at radius 1 is 1.30 bits per heavy atom. The molecule has 0 bridgehead atoms. The zero-order valence-electron chi connectivity index (χ0n) is 14.8. The number of ether oxygens (including phenoxy) is 2. The van der Waals surface area contributed by atoms with Crippen LogP contribution in [-0.4, -0.2) is 32.8 Å². The Bertz CT molecular complexity index is 544. The second kappa shape index (κ2) is 8.31. The molecular formula is C18H28O4Si. The molecule has 0 aliphatic carbocycles. The number of para-hydroxylation sites is 1. The van der Waals surface area contributed by atoms with Gasteiger partial charge in [0.25, 0.3) is 0 Å². The maximum absolute atomic E-state index is 11.2. The predicted molar refractivity (Wildman–Crippen MR) is 96.0 cm³/mol. The zero-order valence-corrected chi connectivity index (χ0v) is 15.8. The van der Waals surface area contributed by atoms with Gasteiger partial charge in [-0.15, -0.1) is 0 Å². The van der Waals surface area contributed by atoms with E-state index in [-0.39, 0.29) is 5.04 Å². The Kier molecular flexibility index (Phi) is 7.03. The Hall–Kier alpha value is -1.59. The van der Waals surface area contributed by atoms with Gasteiger partial charge in [0.15, 0.2) is 8.32 Å². The first kappa shape index (κ1) is 19.5. The van der Waals surface area contributed by atoms with Gasteiger partial charge in [0.1, 0.15) is 5.75 Å². The number of hydrogen-bond acceptors (Lipinski definition) is 4. The fourth-order valence-electron chi connectivity index (χ4n) is 1.98. The Labute approximate surface area is 140 Å². The topological polar surface area (TPSA) is 55.8 Å². The van der Waals surface area contributed by atoms with E-state index in [1.807, 2.05) is 37.4 Å². The number of hydrogen-bond donors (Lipinski definition) is 1. The van der Waals surface area contributed by atoms with Gasteiger partial charge in [-0.1, -0.05) is 32.0 Å². The molecule has 0 unspecified atom stereocenters. The molecule has 128 valence electrons. The van der Waals surface area contributed by atoms with Gasteiger partial charge in [0.2, 0.25) is 0 Å². The highest BCUT2D eigenvalue weighted by molar-refractivity contribution is 6.72. The van der Waals surface area contributed by atoms with Gasteiger partial charge in [-0.25, -0.2) is 4.79 Å². The van der Waals surface area contributed by atoms with Crippen molar-refractivity contribution in [1.82, 2.24) is 0 Å². The highest BCUT2D eigenvalue weighted by atomic mass is 28.4. The highest BCUT2D eigenvalue weighted by Gasteiger charge is 2.37. The molecule has 0 aromatic heterocycles. The van der Waals surface area contributed by atoms with Crippen molar-refractivity contribution in [2.24, 2.45) is 0 Å². The van der Waals surface area contributed by atoms with E-state index < -0.39 is 14.3 Å². The summed E-state index contributed by atoms with van der Waals surface area (Å²) >= 11 is 0. The molecule has 0 aliphatic rings. The molecule has 1 aromatic rings. The Balaban J connectivity index is 2.59. The molecule has 0 amide bonds. The van der Waals surface area contributed by atoms with E-state index >= 15 is 0 Å². The minimum atomic E-state index is -2.17. The molecular weight excluding hydrogens is 308 g/mol. The molecule has 0 heterocycles. The molecule has 1 aromatic carbocycles. The monoisotopic (exact) mass is 336 g/mol. The van der Waals surface area contributed by atoms with Crippen LogP contribution in [0.1, 0.15) is 32.3 Å². The maximum atomic E-state index is 11.2. The minimum absolute atomic E-state index is 0.0410. The molecule has 4 nitrogen and oxygen atoms in total. The summed E-state index contributed by atoms with van der Waals surface area (Å²) in [5, 5.41) is -0.0410. The van der Waals surface area contributed by atoms with E-state index in [0.29, 0.717) is 6.61 Å². The van der Waals surface area contributed by atoms with Crippen molar-refractivity contribution in [3.05, 3.63) is 35.9 Å². The van der Waals surface area contributed by atoms with E-state index in [2.05, 4.69) is 18.6 Å². The number of carbonyl (C=O) groups excluding carboxylic acids is 1. The van der Waals surface area contributed by atoms with Crippen molar-refractivity contribution in [3.63, 3.8) is 0 Å². The van der Waals surface area contributed by atoms with Gasteiger partial charge in [0, 0.05) is 11.6 Å². The third-order valence-corrected chi connectivity index (χ3v) is 7.94. The molecule has 0 saturated heterocycles. The number of benzene rings is 1. The molecule has 0 saturated carbocycles. The van der Waals surface area contributed by atoms with Crippen LogP contribution in [0.15, 0.2) is 30.3 Å². The van der Waals surface area contributed by atoms with Crippen LogP contribution >= 0.6 is 0 Å². The SMILES string of the molecule is COC(=O)/C=C/c1ccccc1OCCCC(C)(C)[Si](C)(C)O. The fraction of sp³-hybridized carbons (Fsp3) is 0.500. The summed E-state index contributed by atoms with van der Waals surface area (Å²) in [6.07, 6.45) is 4.86. The average molecular weight is 337 g/mol. The molecule has 0 aliphatic heterocycles. The molecule has 5 heteroatoms. The lowest BCUT2D eigenvalue weighted by atomic mass is 10.1. The minimum Gasteiger partial charge on any atom is -0.493 e. The van der Waals surface area contributed by atoms with Gasteiger partial charge < -0.3 is 14.3 Å². The third-order valence-electron chi connectivity index (χ3n) is 4.38. The first-order chi connectivity index (χ1) is 10.7. The lowest BCUT2D eigenvalue weighted by Gasteiger charge is -2.35. The second-order valence-electron chi connectivity index (χ2n) is 6.79. The van der Waals surface area contributed by atoms with Crippen molar-refractivity contribution in [2.75, 3.05) is 13.7 Å². The molecule has 1 N–H and O–H groups in total. The van der Waals surface area contributed by atoms with E-state index in [4.69, 9.17) is 4.74 Å². The summed E-state index contributed by atoms with van der Waals surface area (Å²) in [4.78, 5) is 21.5. The van der Waals surface area contributed by atoms with Crippen LogP contribution in [0, 0.1) is 0 Å². The average Bonchev–Trinajstić information content (AvgIpc) is 2.49. The predicted octanol–water partition coefficient (Wildman–Crippen LogP) is 4.01. The Morgan fingerprint density at radius 2 is 1.96 bits per heavy atom. The number of esters is 1. The van der Waals surface area contributed by atoms with Gasteiger partial charge in [-0.2, -0.15) is 0 Å². The summed E-state index contributed by atoms with van der Waals surface area (Å²) in [5.41, 5.74) is 0.842. The van der Waals surface area contributed by atoms with Crippen molar-refractivity contribution < 1.29 is 19.1 Å². The van der Waals surface area contributed by atoms with Crippen molar-refractivity contribution in [3.8, 4) is 5.75 Å². The van der Waals surface area contributed by atoms with Crippen LogP contribution in [-0.2, 0) is 9.53 Å². The summed E-state index contributed by atoms with van der Waals surface area (Å²) in [6, 6.07) is 7.57. The summed E-state index contributed by atoms with van der Waals surface area (Å²) in [7, 11) is -0.823. The normalized spacial score (nSPS) is 12.4. The third kappa shape index (κ3) is 6.20. The zero-order chi connectivity index (χ0) is 17.5. The van der Waals surface area contributed by atoms with E-state index in [1.165, 1.54) is 13.2 Å². The van der Waals surface area contributed by atoms with Crippen LogP contribution < -0.4 is 4.74 Å². The second-order valence-corrected chi connectivity index (χ2v) is 11.3. The fourth-order valence-corrected chi connectivity index (χ4v) is 2.77. The van der Waals surface area contributed by atoms with Gasteiger partial charge in [-0.3, -0.25) is 0 Å². The first-order valence-electron chi connectivity index (χ1n) is 7.87. The van der Waals surface area contributed by atoms with Crippen molar-refractivity contribution in [1.29, 1.82) is 0 Å². The summed E-state index contributed by atoms with van der Waals surface area (Å²) < 4.78 is 10.4. The summed E-state index contributed by atoms with van der Waals surface area (Å²) in [6.45, 7) is 8.76. The van der Waals surface area contributed by atoms with E-state index in [1.54, 1.807) is 6.08 Å². The van der Waals surface area contributed by atoms with Gasteiger partial charge in [-0.05, 0) is 43.1 Å². The number of rotatable bonds is 8. The molecule has 0 radical (unpaired) electrons. The van der Waals surface area contributed by atoms with Gasteiger partial charge in [0.05, 0.1) is 13.7 Å². The standard InChI is InChI=1S/C18H28O4Si/c1-18(2,23(4,5)20)13-8-14-22-16-10-7-6-9-15(16)11-12-17(19)21-3/h6-7,9-12,20H,8,13-14H2,1-5H3/b12-11+.